The SMILES string of the molecule is Cc1cccc(-n2ncc(N3CCC(N)CC3)c2C(C)(C)C)c1. The second-order valence-electron chi connectivity index (χ2n) is 7.70. The van der Waals surface area contributed by atoms with Gasteiger partial charge in [-0.25, -0.2) is 4.68 Å². The van der Waals surface area contributed by atoms with E-state index in [1.54, 1.807) is 0 Å². The van der Waals surface area contributed by atoms with Crippen LogP contribution in [0.3, 0.4) is 0 Å². The maximum absolute atomic E-state index is 6.06. The first kappa shape index (κ1) is 16.1. The van der Waals surface area contributed by atoms with Gasteiger partial charge < -0.3 is 10.6 Å². The first-order chi connectivity index (χ1) is 10.9. The van der Waals surface area contributed by atoms with Crippen molar-refractivity contribution < 1.29 is 0 Å². The van der Waals surface area contributed by atoms with E-state index in [0.29, 0.717) is 6.04 Å². The minimum absolute atomic E-state index is 0.0230. The average molecular weight is 312 g/mol. The number of benzene rings is 1. The van der Waals surface area contributed by atoms with Crippen molar-refractivity contribution in [1.82, 2.24) is 9.78 Å². The third-order valence-corrected chi connectivity index (χ3v) is 4.59. The second-order valence-corrected chi connectivity index (χ2v) is 7.70. The van der Waals surface area contributed by atoms with E-state index in [0.717, 1.165) is 31.6 Å². The number of anilines is 1. The number of hydrogen-bond acceptors (Lipinski definition) is 3. The first-order valence-corrected chi connectivity index (χ1v) is 8.52. The fourth-order valence-electron chi connectivity index (χ4n) is 3.37. The summed E-state index contributed by atoms with van der Waals surface area (Å²) in [6, 6.07) is 8.88. The van der Waals surface area contributed by atoms with Crippen molar-refractivity contribution in [3.8, 4) is 5.69 Å². The van der Waals surface area contributed by atoms with Crippen molar-refractivity contribution in [2.45, 2.75) is 52.0 Å². The maximum atomic E-state index is 6.06. The monoisotopic (exact) mass is 312 g/mol. The van der Waals surface area contributed by atoms with Crippen molar-refractivity contribution in [2.75, 3.05) is 18.0 Å². The van der Waals surface area contributed by atoms with Crippen LogP contribution in [0.25, 0.3) is 5.69 Å². The third-order valence-electron chi connectivity index (χ3n) is 4.59. The third kappa shape index (κ3) is 3.27. The van der Waals surface area contributed by atoms with Crippen molar-refractivity contribution in [3.05, 3.63) is 41.7 Å². The summed E-state index contributed by atoms with van der Waals surface area (Å²) in [7, 11) is 0. The number of rotatable bonds is 2. The fraction of sp³-hybridized carbons (Fsp3) is 0.526. The zero-order valence-electron chi connectivity index (χ0n) is 14.7. The predicted octanol–water partition coefficient (Wildman–Crippen LogP) is 3.41. The summed E-state index contributed by atoms with van der Waals surface area (Å²) < 4.78 is 2.11. The molecule has 0 bridgehead atoms. The molecule has 1 saturated heterocycles. The van der Waals surface area contributed by atoms with Gasteiger partial charge in [0.25, 0.3) is 0 Å². The van der Waals surface area contributed by atoms with Crippen LogP contribution in [0.1, 0.15) is 44.9 Å². The van der Waals surface area contributed by atoms with Gasteiger partial charge >= 0.3 is 0 Å². The van der Waals surface area contributed by atoms with E-state index in [1.165, 1.54) is 16.9 Å². The van der Waals surface area contributed by atoms with Crippen LogP contribution in [0.5, 0.6) is 0 Å². The number of nitrogens with zero attached hydrogens (tertiary/aromatic N) is 3. The molecule has 0 atom stereocenters. The molecule has 0 spiro atoms. The summed E-state index contributed by atoms with van der Waals surface area (Å²) in [6.07, 6.45) is 4.14. The van der Waals surface area contributed by atoms with Gasteiger partial charge in [-0.05, 0) is 37.5 Å². The molecule has 0 amide bonds. The summed E-state index contributed by atoms with van der Waals surface area (Å²) in [6.45, 7) is 10.9. The Hall–Kier alpha value is -1.81. The van der Waals surface area contributed by atoms with Gasteiger partial charge in [0, 0.05) is 24.5 Å². The Kier molecular flexibility index (Phi) is 4.19. The van der Waals surface area contributed by atoms with Gasteiger partial charge in [0.1, 0.15) is 0 Å². The van der Waals surface area contributed by atoms with Gasteiger partial charge in [0.15, 0.2) is 0 Å². The van der Waals surface area contributed by atoms with E-state index in [-0.39, 0.29) is 5.41 Å². The Morgan fingerprint density at radius 2 is 1.87 bits per heavy atom. The highest BCUT2D eigenvalue weighted by Crippen LogP contribution is 2.35. The van der Waals surface area contributed by atoms with Crippen molar-refractivity contribution in [1.29, 1.82) is 0 Å². The van der Waals surface area contributed by atoms with E-state index in [2.05, 4.69) is 61.5 Å². The molecule has 3 rings (SSSR count). The largest absolute Gasteiger partial charge is 0.369 e. The zero-order valence-corrected chi connectivity index (χ0v) is 14.7. The minimum atomic E-state index is 0.0230. The highest BCUT2D eigenvalue weighted by molar-refractivity contribution is 5.56. The Labute approximate surface area is 139 Å². The predicted molar refractivity (Wildman–Crippen MR) is 96.4 cm³/mol. The van der Waals surface area contributed by atoms with E-state index < -0.39 is 0 Å². The molecule has 1 fully saturated rings. The lowest BCUT2D eigenvalue weighted by atomic mass is 9.90. The summed E-state index contributed by atoms with van der Waals surface area (Å²) in [5.41, 5.74) is 11.0. The first-order valence-electron chi connectivity index (χ1n) is 8.52. The lowest BCUT2D eigenvalue weighted by molar-refractivity contribution is 0.492. The van der Waals surface area contributed by atoms with E-state index in [4.69, 9.17) is 10.8 Å². The molecule has 0 radical (unpaired) electrons. The van der Waals surface area contributed by atoms with E-state index >= 15 is 0 Å². The fourth-order valence-corrected chi connectivity index (χ4v) is 3.37. The van der Waals surface area contributed by atoms with Crippen LogP contribution in [0, 0.1) is 6.92 Å². The number of nitrogens with two attached hydrogens (primary N) is 1. The normalized spacial score (nSPS) is 16.8. The Bertz CT molecular complexity index is 673. The minimum Gasteiger partial charge on any atom is -0.369 e. The molecular weight excluding hydrogens is 284 g/mol. The van der Waals surface area contributed by atoms with Crippen molar-refractivity contribution in [3.63, 3.8) is 0 Å². The second kappa shape index (κ2) is 6.00. The standard InChI is InChI=1S/C19H28N4/c1-14-6-5-7-16(12-14)23-18(19(2,3)4)17(13-21-23)22-10-8-15(20)9-11-22/h5-7,12-13,15H,8-11,20H2,1-4H3. The van der Waals surface area contributed by atoms with Crippen LogP contribution in [-0.4, -0.2) is 28.9 Å². The van der Waals surface area contributed by atoms with Gasteiger partial charge in [0.05, 0.1) is 23.3 Å². The number of aryl methyl sites for hydroxylation is 1. The van der Waals surface area contributed by atoms with Gasteiger partial charge in [-0.3, -0.25) is 0 Å². The van der Waals surface area contributed by atoms with Crippen molar-refractivity contribution >= 4 is 5.69 Å². The van der Waals surface area contributed by atoms with Crippen LogP contribution < -0.4 is 10.6 Å². The number of hydrogen-bond donors (Lipinski definition) is 1. The lowest BCUT2D eigenvalue weighted by Crippen LogP contribution is -2.40. The molecule has 2 aromatic rings. The van der Waals surface area contributed by atoms with Crippen LogP contribution in [-0.2, 0) is 5.41 Å². The van der Waals surface area contributed by atoms with Gasteiger partial charge in [-0.15, -0.1) is 0 Å². The van der Waals surface area contributed by atoms with Crippen LogP contribution in [0.4, 0.5) is 5.69 Å². The molecule has 2 heterocycles. The van der Waals surface area contributed by atoms with Gasteiger partial charge in [0.2, 0.25) is 0 Å². The number of piperidine rings is 1. The Morgan fingerprint density at radius 1 is 1.17 bits per heavy atom. The molecule has 23 heavy (non-hydrogen) atoms. The Balaban J connectivity index is 2.05. The lowest BCUT2D eigenvalue weighted by Gasteiger charge is -2.34. The molecule has 0 unspecified atom stereocenters. The van der Waals surface area contributed by atoms with Crippen LogP contribution >= 0.6 is 0 Å². The van der Waals surface area contributed by atoms with Crippen LogP contribution in [0.2, 0.25) is 0 Å². The van der Waals surface area contributed by atoms with Gasteiger partial charge in [-0.2, -0.15) is 5.10 Å². The van der Waals surface area contributed by atoms with Crippen LogP contribution in [0.15, 0.2) is 30.5 Å². The molecule has 1 aliphatic heterocycles. The summed E-state index contributed by atoms with van der Waals surface area (Å²) >= 11 is 0. The topological polar surface area (TPSA) is 47.1 Å². The molecule has 0 aliphatic carbocycles. The smallest absolute Gasteiger partial charge is 0.0795 e. The molecular formula is C19H28N4. The zero-order chi connectivity index (χ0) is 16.6. The van der Waals surface area contributed by atoms with Gasteiger partial charge in [-0.1, -0.05) is 32.9 Å². The molecule has 1 aromatic carbocycles. The maximum Gasteiger partial charge on any atom is 0.0795 e. The highest BCUT2D eigenvalue weighted by atomic mass is 15.3. The molecule has 4 nitrogen and oxygen atoms in total. The molecule has 2 N–H and O–H groups in total. The molecule has 0 saturated carbocycles. The molecule has 1 aliphatic rings. The van der Waals surface area contributed by atoms with Crippen molar-refractivity contribution in [2.24, 2.45) is 5.73 Å². The number of aromatic nitrogens is 2. The molecule has 4 heteroatoms. The summed E-state index contributed by atoms with van der Waals surface area (Å²) in [5, 5.41) is 4.73. The average Bonchev–Trinajstić information content (AvgIpc) is 2.93. The molecule has 124 valence electrons. The Morgan fingerprint density at radius 3 is 2.48 bits per heavy atom. The quantitative estimate of drug-likeness (QED) is 0.924. The summed E-state index contributed by atoms with van der Waals surface area (Å²) in [4.78, 5) is 2.45. The highest BCUT2D eigenvalue weighted by Gasteiger charge is 2.29. The molecule has 1 aromatic heterocycles. The summed E-state index contributed by atoms with van der Waals surface area (Å²) in [5.74, 6) is 0. The van der Waals surface area contributed by atoms with E-state index in [9.17, 15) is 0 Å². The van der Waals surface area contributed by atoms with E-state index in [1.807, 2.05) is 6.20 Å².